The molecule has 0 saturated carbocycles. The quantitative estimate of drug-likeness (QED) is 0.533. The van der Waals surface area contributed by atoms with E-state index in [-0.39, 0.29) is 58.0 Å². The van der Waals surface area contributed by atoms with Gasteiger partial charge in [-0.25, -0.2) is 0 Å². The topological polar surface area (TPSA) is 116 Å². The van der Waals surface area contributed by atoms with Gasteiger partial charge in [0.1, 0.15) is 11.5 Å². The first-order valence-corrected chi connectivity index (χ1v) is 10.6. The first-order chi connectivity index (χ1) is 14.8. The van der Waals surface area contributed by atoms with E-state index in [4.69, 9.17) is 9.47 Å². The summed E-state index contributed by atoms with van der Waals surface area (Å²) in [6, 6.07) is 2.37. The van der Waals surface area contributed by atoms with E-state index in [0.29, 0.717) is 35.5 Å². The summed E-state index contributed by atoms with van der Waals surface area (Å²) >= 11 is 0. The van der Waals surface area contributed by atoms with Crippen LogP contribution in [0.3, 0.4) is 0 Å². The number of benzene rings is 1. The molecular weight excluding hydrogens is 414 g/mol. The van der Waals surface area contributed by atoms with Gasteiger partial charge in [0.05, 0.1) is 24.0 Å². The van der Waals surface area contributed by atoms with E-state index in [1.54, 1.807) is 0 Å². The summed E-state index contributed by atoms with van der Waals surface area (Å²) in [5.41, 5.74) is -0.284. The van der Waals surface area contributed by atoms with E-state index in [9.17, 15) is 24.8 Å². The largest absolute Gasteiger partial charge is 0.504 e. The molecule has 4 rings (SSSR count). The van der Waals surface area contributed by atoms with Crippen LogP contribution in [-0.2, 0) is 14.3 Å². The number of rotatable bonds is 3. The van der Waals surface area contributed by atoms with Gasteiger partial charge in [-0.05, 0) is 16.9 Å². The second kappa shape index (κ2) is 7.18. The second-order valence-corrected chi connectivity index (χ2v) is 10.4. The van der Waals surface area contributed by atoms with Crippen molar-refractivity contribution in [2.75, 3.05) is 7.11 Å². The predicted molar refractivity (Wildman–Crippen MR) is 115 cm³/mol. The SMILES string of the molecule is COc1cc(C2C3=C(CC(C)(C)CC3=O)OC3=C2C(=O)CC(C)(C)C3)c([N+](=O)[O-])cc1O. The van der Waals surface area contributed by atoms with Crippen molar-refractivity contribution < 1.29 is 29.1 Å². The fourth-order valence-corrected chi connectivity index (χ4v) is 5.11. The van der Waals surface area contributed by atoms with E-state index in [1.807, 2.05) is 27.7 Å². The molecule has 32 heavy (non-hydrogen) atoms. The van der Waals surface area contributed by atoms with Gasteiger partial charge in [0.25, 0.3) is 5.69 Å². The van der Waals surface area contributed by atoms with Crippen LogP contribution in [0.5, 0.6) is 11.5 Å². The normalized spacial score (nSPS) is 22.3. The number of ether oxygens (including phenoxy) is 2. The number of aromatic hydroxyl groups is 1. The summed E-state index contributed by atoms with van der Waals surface area (Å²) in [4.78, 5) is 37.9. The van der Waals surface area contributed by atoms with Crippen LogP contribution < -0.4 is 4.74 Å². The first-order valence-electron chi connectivity index (χ1n) is 10.6. The summed E-state index contributed by atoms with van der Waals surface area (Å²) in [6.07, 6.45) is 1.46. The molecule has 1 aromatic carbocycles. The highest BCUT2D eigenvalue weighted by Crippen LogP contribution is 2.55. The fraction of sp³-hybridized carbons (Fsp3) is 0.500. The standard InChI is InChI=1S/C24H27NO7/c1-23(2)8-15(27)21-18(10-23)32-19-11-24(3,4)9-16(28)22(19)20(21)12-6-17(31-5)14(26)7-13(12)25(29)30/h6-7,20,26H,8-11H2,1-5H3. The van der Waals surface area contributed by atoms with Crippen molar-refractivity contribution >= 4 is 17.3 Å². The molecule has 1 N–H and O–H groups in total. The van der Waals surface area contributed by atoms with Crippen LogP contribution in [0.1, 0.15) is 64.9 Å². The van der Waals surface area contributed by atoms with Crippen LogP contribution in [0, 0.1) is 20.9 Å². The van der Waals surface area contributed by atoms with Gasteiger partial charge >= 0.3 is 0 Å². The maximum Gasteiger partial charge on any atom is 0.277 e. The van der Waals surface area contributed by atoms with Crippen molar-refractivity contribution in [1.82, 2.24) is 0 Å². The average Bonchev–Trinajstić information content (AvgIpc) is 2.64. The van der Waals surface area contributed by atoms with Crippen LogP contribution >= 0.6 is 0 Å². The summed E-state index contributed by atoms with van der Waals surface area (Å²) in [5.74, 6) is -0.711. The number of hydrogen-bond donors (Lipinski definition) is 1. The Morgan fingerprint density at radius 3 is 1.94 bits per heavy atom. The second-order valence-electron chi connectivity index (χ2n) is 10.4. The Hall–Kier alpha value is -3.16. The van der Waals surface area contributed by atoms with Crippen molar-refractivity contribution in [2.24, 2.45) is 10.8 Å². The third-order valence-corrected chi connectivity index (χ3v) is 6.42. The van der Waals surface area contributed by atoms with Crippen LogP contribution in [0.15, 0.2) is 34.8 Å². The fourth-order valence-electron chi connectivity index (χ4n) is 5.11. The number of carbonyl (C=O) groups is 2. The summed E-state index contributed by atoms with van der Waals surface area (Å²) < 4.78 is 11.4. The van der Waals surface area contributed by atoms with Crippen LogP contribution in [-0.4, -0.2) is 28.7 Å². The van der Waals surface area contributed by atoms with E-state index in [0.717, 1.165) is 6.07 Å². The molecule has 0 atom stereocenters. The van der Waals surface area contributed by atoms with E-state index in [1.165, 1.54) is 13.2 Å². The molecule has 0 fully saturated rings. The molecule has 1 aliphatic heterocycles. The van der Waals surface area contributed by atoms with Gasteiger partial charge < -0.3 is 14.6 Å². The summed E-state index contributed by atoms with van der Waals surface area (Å²) in [5, 5.41) is 22.1. The Morgan fingerprint density at radius 2 is 1.50 bits per heavy atom. The van der Waals surface area contributed by atoms with Gasteiger partial charge in [0, 0.05) is 42.4 Å². The van der Waals surface area contributed by atoms with E-state index in [2.05, 4.69) is 0 Å². The molecule has 0 unspecified atom stereocenters. The zero-order valence-corrected chi connectivity index (χ0v) is 18.9. The first kappa shape index (κ1) is 22.0. The smallest absolute Gasteiger partial charge is 0.277 e. The Kier molecular flexibility index (Phi) is 4.95. The Morgan fingerprint density at radius 1 is 1.00 bits per heavy atom. The molecule has 170 valence electrons. The lowest BCUT2D eigenvalue weighted by atomic mass is 9.65. The van der Waals surface area contributed by atoms with Crippen molar-refractivity contribution in [2.45, 2.75) is 59.3 Å². The molecule has 1 aromatic rings. The van der Waals surface area contributed by atoms with Crippen molar-refractivity contribution in [3.63, 3.8) is 0 Å². The lowest BCUT2D eigenvalue weighted by Crippen LogP contribution is -2.37. The van der Waals surface area contributed by atoms with Gasteiger partial charge in [-0.15, -0.1) is 0 Å². The predicted octanol–water partition coefficient (Wildman–Crippen LogP) is 4.71. The molecule has 3 aliphatic rings. The number of methoxy groups -OCH3 is 1. The van der Waals surface area contributed by atoms with Crippen LogP contribution in [0.2, 0.25) is 0 Å². The average molecular weight is 441 g/mol. The zero-order valence-electron chi connectivity index (χ0n) is 18.9. The van der Waals surface area contributed by atoms with Gasteiger partial charge in [-0.1, -0.05) is 27.7 Å². The highest BCUT2D eigenvalue weighted by molar-refractivity contribution is 6.06. The third kappa shape index (κ3) is 3.57. The maximum atomic E-state index is 13.3. The van der Waals surface area contributed by atoms with E-state index >= 15 is 0 Å². The number of ketones is 2. The van der Waals surface area contributed by atoms with Gasteiger partial charge in [0.15, 0.2) is 23.1 Å². The number of phenols is 1. The molecule has 1 heterocycles. The molecule has 8 nitrogen and oxygen atoms in total. The highest BCUT2D eigenvalue weighted by Gasteiger charge is 2.49. The summed E-state index contributed by atoms with van der Waals surface area (Å²) in [6.45, 7) is 7.88. The molecule has 0 spiro atoms. The van der Waals surface area contributed by atoms with Gasteiger partial charge in [-0.3, -0.25) is 19.7 Å². The molecule has 0 aromatic heterocycles. The maximum absolute atomic E-state index is 13.3. The minimum Gasteiger partial charge on any atom is -0.504 e. The molecule has 2 aliphatic carbocycles. The van der Waals surface area contributed by atoms with Gasteiger partial charge in [0.2, 0.25) is 0 Å². The number of phenolic OH excluding ortho intramolecular Hbond substituents is 1. The Balaban J connectivity index is 2.02. The number of allylic oxidation sites excluding steroid dienone is 4. The third-order valence-electron chi connectivity index (χ3n) is 6.42. The number of nitrogens with zero attached hydrogens (tertiary/aromatic N) is 1. The minimum atomic E-state index is -0.934. The van der Waals surface area contributed by atoms with Crippen molar-refractivity contribution in [1.29, 1.82) is 0 Å². The van der Waals surface area contributed by atoms with Crippen LogP contribution in [0.25, 0.3) is 0 Å². The highest BCUT2D eigenvalue weighted by atomic mass is 16.6. The molecule has 0 amide bonds. The number of Topliss-reactive ketones (excluding diaryl/α,β-unsaturated/α-hetero) is 2. The zero-order chi connectivity index (χ0) is 23.6. The monoisotopic (exact) mass is 441 g/mol. The Labute approximate surface area is 186 Å². The number of carbonyl (C=O) groups excluding carboxylic acids is 2. The number of nitro benzene ring substituents is 1. The molecule has 0 radical (unpaired) electrons. The van der Waals surface area contributed by atoms with Gasteiger partial charge in [-0.2, -0.15) is 0 Å². The number of hydrogen-bond acceptors (Lipinski definition) is 7. The minimum absolute atomic E-state index is 0.0357. The molecular formula is C24H27NO7. The molecule has 0 saturated heterocycles. The van der Waals surface area contributed by atoms with Crippen molar-refractivity contribution in [3.05, 3.63) is 50.5 Å². The lowest BCUT2D eigenvalue weighted by molar-refractivity contribution is -0.385. The molecule has 8 heteroatoms. The molecule has 0 bridgehead atoms. The summed E-state index contributed by atoms with van der Waals surface area (Å²) in [7, 11) is 1.34. The Bertz CT molecular complexity index is 1070. The van der Waals surface area contributed by atoms with E-state index < -0.39 is 10.8 Å². The number of nitro groups is 1. The van der Waals surface area contributed by atoms with Crippen LogP contribution in [0.4, 0.5) is 5.69 Å². The lowest BCUT2D eigenvalue weighted by Gasteiger charge is -2.42. The van der Waals surface area contributed by atoms with Crippen molar-refractivity contribution in [3.8, 4) is 11.5 Å².